The SMILES string of the molecule is Cc1c(-c2ccccc2)oc2c(C(=O)Nc3ncc[nH]3)cccc2c1=O. The molecule has 6 nitrogen and oxygen atoms in total. The maximum absolute atomic E-state index is 12.8. The van der Waals surface area contributed by atoms with E-state index in [-0.39, 0.29) is 16.6 Å². The highest BCUT2D eigenvalue weighted by atomic mass is 16.3. The molecule has 128 valence electrons. The summed E-state index contributed by atoms with van der Waals surface area (Å²) in [5.74, 6) is 0.377. The Bertz CT molecular complexity index is 1150. The number of H-pyrrole nitrogens is 1. The van der Waals surface area contributed by atoms with Crippen LogP contribution in [0.2, 0.25) is 0 Å². The predicted molar refractivity (Wildman–Crippen MR) is 99.2 cm³/mol. The molecule has 0 atom stereocenters. The van der Waals surface area contributed by atoms with Gasteiger partial charge in [-0.15, -0.1) is 0 Å². The molecule has 2 N–H and O–H groups in total. The number of para-hydroxylation sites is 1. The summed E-state index contributed by atoms with van der Waals surface area (Å²) < 4.78 is 6.04. The van der Waals surface area contributed by atoms with Crippen LogP contribution in [0.15, 0.2) is 70.1 Å². The van der Waals surface area contributed by atoms with Gasteiger partial charge in [0.25, 0.3) is 5.91 Å². The van der Waals surface area contributed by atoms with Crippen LogP contribution in [-0.2, 0) is 0 Å². The number of imidazole rings is 1. The molecule has 4 aromatic rings. The van der Waals surface area contributed by atoms with Gasteiger partial charge in [-0.05, 0) is 19.1 Å². The van der Waals surface area contributed by atoms with Gasteiger partial charge in [0.05, 0.1) is 10.9 Å². The van der Waals surface area contributed by atoms with E-state index in [4.69, 9.17) is 4.42 Å². The van der Waals surface area contributed by atoms with Gasteiger partial charge in [-0.2, -0.15) is 0 Å². The minimum Gasteiger partial charge on any atom is -0.455 e. The fourth-order valence-corrected chi connectivity index (χ4v) is 2.86. The third-order valence-corrected chi connectivity index (χ3v) is 4.16. The number of anilines is 1. The monoisotopic (exact) mass is 345 g/mol. The molecule has 0 radical (unpaired) electrons. The van der Waals surface area contributed by atoms with Crippen molar-refractivity contribution < 1.29 is 9.21 Å². The van der Waals surface area contributed by atoms with Crippen molar-refractivity contribution in [1.29, 1.82) is 0 Å². The molecule has 0 aliphatic carbocycles. The summed E-state index contributed by atoms with van der Waals surface area (Å²) in [7, 11) is 0. The van der Waals surface area contributed by atoms with E-state index in [1.165, 1.54) is 6.20 Å². The number of nitrogens with one attached hydrogen (secondary N) is 2. The van der Waals surface area contributed by atoms with Gasteiger partial charge in [-0.3, -0.25) is 14.9 Å². The van der Waals surface area contributed by atoms with Crippen molar-refractivity contribution in [2.24, 2.45) is 0 Å². The fraction of sp³-hybridized carbons (Fsp3) is 0.0500. The quantitative estimate of drug-likeness (QED) is 0.592. The lowest BCUT2D eigenvalue weighted by atomic mass is 10.0. The van der Waals surface area contributed by atoms with E-state index < -0.39 is 5.91 Å². The van der Waals surface area contributed by atoms with E-state index in [1.54, 1.807) is 31.3 Å². The first-order chi connectivity index (χ1) is 12.6. The molecule has 0 aliphatic heterocycles. The number of benzene rings is 2. The molecule has 1 amide bonds. The van der Waals surface area contributed by atoms with E-state index in [0.717, 1.165) is 5.56 Å². The number of amides is 1. The Kier molecular flexibility index (Phi) is 3.85. The molecular formula is C20H15N3O3. The first kappa shape index (κ1) is 15.8. The Hall–Kier alpha value is -3.67. The van der Waals surface area contributed by atoms with Crippen LogP contribution in [0.25, 0.3) is 22.3 Å². The third kappa shape index (κ3) is 2.67. The van der Waals surface area contributed by atoms with E-state index in [1.807, 2.05) is 30.3 Å². The summed E-state index contributed by atoms with van der Waals surface area (Å²) in [5, 5.41) is 3.03. The Morgan fingerprint density at radius 1 is 1.12 bits per heavy atom. The second kappa shape index (κ2) is 6.33. The third-order valence-electron chi connectivity index (χ3n) is 4.16. The highest BCUT2D eigenvalue weighted by Gasteiger charge is 2.18. The molecule has 0 spiro atoms. The van der Waals surface area contributed by atoms with Gasteiger partial charge in [-0.25, -0.2) is 4.98 Å². The maximum atomic E-state index is 12.8. The number of aromatic amines is 1. The number of aromatic nitrogens is 2. The van der Waals surface area contributed by atoms with Crippen molar-refractivity contribution in [3.05, 3.63) is 82.3 Å². The second-order valence-electron chi connectivity index (χ2n) is 5.83. The van der Waals surface area contributed by atoms with Gasteiger partial charge < -0.3 is 9.40 Å². The maximum Gasteiger partial charge on any atom is 0.261 e. The number of nitrogens with zero attached hydrogens (tertiary/aromatic N) is 1. The summed E-state index contributed by atoms with van der Waals surface area (Å²) in [6.07, 6.45) is 3.14. The highest BCUT2D eigenvalue weighted by molar-refractivity contribution is 6.10. The Morgan fingerprint density at radius 2 is 1.92 bits per heavy atom. The Morgan fingerprint density at radius 3 is 2.65 bits per heavy atom. The van der Waals surface area contributed by atoms with Gasteiger partial charge in [0.15, 0.2) is 11.0 Å². The minimum absolute atomic E-state index is 0.155. The first-order valence-electron chi connectivity index (χ1n) is 8.08. The van der Waals surface area contributed by atoms with Crippen molar-refractivity contribution in [2.75, 3.05) is 5.32 Å². The average molecular weight is 345 g/mol. The molecular weight excluding hydrogens is 330 g/mol. The van der Waals surface area contributed by atoms with Gasteiger partial charge in [0.1, 0.15) is 5.76 Å². The van der Waals surface area contributed by atoms with Gasteiger partial charge in [-0.1, -0.05) is 36.4 Å². The molecule has 0 saturated heterocycles. The first-order valence-corrected chi connectivity index (χ1v) is 8.08. The van der Waals surface area contributed by atoms with E-state index in [0.29, 0.717) is 22.7 Å². The minimum atomic E-state index is -0.406. The van der Waals surface area contributed by atoms with Crippen molar-refractivity contribution in [3.8, 4) is 11.3 Å². The smallest absolute Gasteiger partial charge is 0.261 e. The van der Waals surface area contributed by atoms with Crippen LogP contribution in [0.5, 0.6) is 0 Å². The molecule has 2 aromatic carbocycles. The number of fused-ring (bicyclic) bond motifs is 1. The van der Waals surface area contributed by atoms with Crippen LogP contribution in [-0.4, -0.2) is 15.9 Å². The van der Waals surface area contributed by atoms with E-state index in [9.17, 15) is 9.59 Å². The standard InChI is InChI=1S/C20H15N3O3/c1-12-16(24)14-8-5-9-15(19(25)23-20-21-10-11-22-20)18(14)26-17(12)13-6-3-2-4-7-13/h2-11H,1H3,(H2,21,22,23,25). The lowest BCUT2D eigenvalue weighted by Crippen LogP contribution is -2.15. The molecule has 26 heavy (non-hydrogen) atoms. The van der Waals surface area contributed by atoms with Gasteiger partial charge in [0, 0.05) is 23.5 Å². The van der Waals surface area contributed by atoms with Crippen molar-refractivity contribution >= 4 is 22.8 Å². The highest BCUT2D eigenvalue weighted by Crippen LogP contribution is 2.27. The predicted octanol–water partition coefficient (Wildman–Crippen LogP) is 3.74. The molecule has 2 aromatic heterocycles. The van der Waals surface area contributed by atoms with Crippen molar-refractivity contribution in [3.63, 3.8) is 0 Å². The molecule has 0 fully saturated rings. The molecule has 6 heteroatoms. The normalized spacial score (nSPS) is 10.8. The van der Waals surface area contributed by atoms with Crippen LogP contribution in [0.1, 0.15) is 15.9 Å². The summed E-state index contributed by atoms with van der Waals surface area (Å²) in [4.78, 5) is 32.2. The van der Waals surface area contributed by atoms with Crippen LogP contribution >= 0.6 is 0 Å². The zero-order valence-electron chi connectivity index (χ0n) is 13.9. The zero-order valence-corrected chi connectivity index (χ0v) is 13.9. The second-order valence-corrected chi connectivity index (χ2v) is 5.83. The Balaban J connectivity index is 1.91. The zero-order chi connectivity index (χ0) is 18.1. The summed E-state index contributed by atoms with van der Waals surface area (Å²) >= 11 is 0. The van der Waals surface area contributed by atoms with Crippen LogP contribution in [0.3, 0.4) is 0 Å². The van der Waals surface area contributed by atoms with Crippen LogP contribution in [0, 0.1) is 6.92 Å². The van der Waals surface area contributed by atoms with Crippen molar-refractivity contribution in [1.82, 2.24) is 9.97 Å². The Labute approximate surface area is 148 Å². The van der Waals surface area contributed by atoms with Crippen molar-refractivity contribution in [2.45, 2.75) is 6.92 Å². The summed E-state index contributed by atoms with van der Waals surface area (Å²) in [6.45, 7) is 1.73. The largest absolute Gasteiger partial charge is 0.455 e. The molecule has 0 bridgehead atoms. The average Bonchev–Trinajstić information content (AvgIpc) is 3.18. The number of hydrogen-bond acceptors (Lipinski definition) is 4. The fourth-order valence-electron chi connectivity index (χ4n) is 2.86. The van der Waals surface area contributed by atoms with Gasteiger partial charge >= 0.3 is 0 Å². The van der Waals surface area contributed by atoms with Gasteiger partial charge in [0.2, 0.25) is 5.95 Å². The topological polar surface area (TPSA) is 88.0 Å². The van der Waals surface area contributed by atoms with E-state index in [2.05, 4.69) is 15.3 Å². The number of carbonyl (C=O) groups excluding carboxylic acids is 1. The van der Waals surface area contributed by atoms with Crippen LogP contribution in [0.4, 0.5) is 5.95 Å². The summed E-state index contributed by atoms with van der Waals surface area (Å²) in [5.41, 5.74) is 1.66. The molecule has 4 rings (SSSR count). The molecule has 0 saturated carbocycles. The summed E-state index contributed by atoms with van der Waals surface area (Å²) in [6, 6.07) is 14.3. The van der Waals surface area contributed by atoms with E-state index >= 15 is 0 Å². The molecule has 0 unspecified atom stereocenters. The number of carbonyl (C=O) groups is 1. The number of hydrogen-bond donors (Lipinski definition) is 2. The number of rotatable bonds is 3. The molecule has 2 heterocycles. The van der Waals surface area contributed by atoms with Crippen LogP contribution < -0.4 is 10.7 Å². The lowest BCUT2D eigenvalue weighted by molar-refractivity contribution is 0.102. The lowest BCUT2D eigenvalue weighted by Gasteiger charge is -2.10. The molecule has 0 aliphatic rings.